The summed E-state index contributed by atoms with van der Waals surface area (Å²) in [6.07, 6.45) is 3.56. The number of rotatable bonds is 2. The summed E-state index contributed by atoms with van der Waals surface area (Å²) < 4.78 is 0. The standard InChI is InChI=1S/C14H25NO2/c1-7-11(12(16)17)10-8-13(2,3)15(6)14(4,5)9-10/h7,10H,8-9H2,1-6H3,(H,16,17)/b11-7+. The van der Waals surface area contributed by atoms with Gasteiger partial charge in [-0.05, 0) is 60.4 Å². The molecule has 0 aromatic carbocycles. The van der Waals surface area contributed by atoms with Crippen LogP contribution in [-0.4, -0.2) is 34.1 Å². The van der Waals surface area contributed by atoms with Crippen molar-refractivity contribution in [2.24, 2.45) is 5.92 Å². The number of allylic oxidation sites excluding steroid dienone is 1. The van der Waals surface area contributed by atoms with Crippen LogP contribution in [-0.2, 0) is 4.79 Å². The number of carboxylic acid groups (broad SMARTS) is 1. The van der Waals surface area contributed by atoms with E-state index in [1.54, 1.807) is 6.08 Å². The van der Waals surface area contributed by atoms with Gasteiger partial charge in [0.1, 0.15) is 0 Å². The molecule has 0 aromatic rings. The Morgan fingerprint density at radius 3 is 1.94 bits per heavy atom. The van der Waals surface area contributed by atoms with Crippen molar-refractivity contribution in [3.8, 4) is 0 Å². The van der Waals surface area contributed by atoms with Gasteiger partial charge >= 0.3 is 5.97 Å². The molecule has 1 N–H and O–H groups in total. The number of carboxylic acids is 1. The van der Waals surface area contributed by atoms with E-state index in [1.165, 1.54) is 0 Å². The summed E-state index contributed by atoms with van der Waals surface area (Å²) in [4.78, 5) is 13.6. The minimum atomic E-state index is -0.770. The van der Waals surface area contributed by atoms with Crippen LogP contribution in [0.4, 0.5) is 0 Å². The van der Waals surface area contributed by atoms with Crippen molar-refractivity contribution in [3.05, 3.63) is 11.6 Å². The van der Waals surface area contributed by atoms with Gasteiger partial charge in [-0.25, -0.2) is 4.79 Å². The second-order valence-electron chi connectivity index (χ2n) is 6.34. The molecule has 0 amide bonds. The molecule has 3 heteroatoms. The van der Waals surface area contributed by atoms with Gasteiger partial charge in [-0.3, -0.25) is 4.90 Å². The summed E-state index contributed by atoms with van der Waals surface area (Å²) in [5.74, 6) is -0.618. The maximum Gasteiger partial charge on any atom is 0.331 e. The third kappa shape index (κ3) is 2.71. The molecule has 1 fully saturated rings. The first-order chi connectivity index (χ1) is 7.62. The van der Waals surface area contributed by atoms with E-state index in [4.69, 9.17) is 0 Å². The maximum atomic E-state index is 11.3. The van der Waals surface area contributed by atoms with Gasteiger partial charge in [0.2, 0.25) is 0 Å². The van der Waals surface area contributed by atoms with Crippen LogP contribution in [0.15, 0.2) is 11.6 Å². The Bertz CT molecular complexity index is 324. The van der Waals surface area contributed by atoms with Crippen molar-refractivity contribution in [3.63, 3.8) is 0 Å². The SMILES string of the molecule is C/C=C(/C(=O)O)C1CC(C)(C)N(C)C(C)(C)C1. The minimum Gasteiger partial charge on any atom is -0.478 e. The van der Waals surface area contributed by atoms with E-state index in [2.05, 4.69) is 39.6 Å². The molecule has 0 spiro atoms. The molecule has 0 bridgehead atoms. The molecule has 0 unspecified atom stereocenters. The monoisotopic (exact) mass is 239 g/mol. The van der Waals surface area contributed by atoms with Crippen LogP contribution in [0, 0.1) is 5.92 Å². The predicted molar refractivity (Wildman–Crippen MR) is 70.0 cm³/mol. The Labute approximate surface area is 105 Å². The van der Waals surface area contributed by atoms with Crippen LogP contribution in [0.25, 0.3) is 0 Å². The second-order valence-corrected chi connectivity index (χ2v) is 6.34. The molecule has 1 aliphatic heterocycles. The Kier molecular flexibility index (Phi) is 3.72. The van der Waals surface area contributed by atoms with Gasteiger partial charge in [-0.1, -0.05) is 6.08 Å². The molecule has 1 heterocycles. The Balaban J connectivity index is 3.04. The molecule has 0 saturated carbocycles. The summed E-state index contributed by atoms with van der Waals surface area (Å²) in [5.41, 5.74) is 0.644. The molecule has 0 radical (unpaired) electrons. The number of likely N-dealkylation sites (tertiary alicyclic amines) is 1. The first-order valence-electron chi connectivity index (χ1n) is 6.25. The fourth-order valence-electron chi connectivity index (χ4n) is 3.13. The van der Waals surface area contributed by atoms with Crippen molar-refractivity contribution in [1.82, 2.24) is 4.90 Å². The van der Waals surface area contributed by atoms with Crippen molar-refractivity contribution in [1.29, 1.82) is 0 Å². The normalized spacial score (nSPS) is 25.9. The minimum absolute atomic E-state index is 0.0378. The van der Waals surface area contributed by atoms with Crippen molar-refractivity contribution >= 4 is 5.97 Å². The molecule has 1 aliphatic rings. The Morgan fingerprint density at radius 2 is 1.65 bits per heavy atom. The van der Waals surface area contributed by atoms with E-state index < -0.39 is 5.97 Å². The summed E-state index contributed by atoms with van der Waals surface area (Å²) in [6, 6.07) is 0. The first kappa shape index (κ1) is 14.2. The van der Waals surface area contributed by atoms with E-state index in [0.29, 0.717) is 5.57 Å². The van der Waals surface area contributed by atoms with Crippen LogP contribution < -0.4 is 0 Å². The van der Waals surface area contributed by atoms with E-state index in [-0.39, 0.29) is 17.0 Å². The molecule has 0 aromatic heterocycles. The topological polar surface area (TPSA) is 40.5 Å². The van der Waals surface area contributed by atoms with Gasteiger partial charge in [0.25, 0.3) is 0 Å². The first-order valence-corrected chi connectivity index (χ1v) is 6.25. The van der Waals surface area contributed by atoms with Gasteiger partial charge in [0.05, 0.1) is 0 Å². The Morgan fingerprint density at radius 1 is 1.24 bits per heavy atom. The quantitative estimate of drug-likeness (QED) is 0.753. The number of hydrogen-bond acceptors (Lipinski definition) is 2. The molecule has 0 atom stereocenters. The second kappa shape index (κ2) is 4.45. The van der Waals surface area contributed by atoms with Gasteiger partial charge in [0, 0.05) is 16.7 Å². The lowest BCUT2D eigenvalue weighted by Gasteiger charge is -2.53. The molecule has 98 valence electrons. The zero-order valence-corrected chi connectivity index (χ0v) is 11.9. The van der Waals surface area contributed by atoms with Crippen LogP contribution in [0.1, 0.15) is 47.5 Å². The average Bonchev–Trinajstić information content (AvgIpc) is 2.13. The molecule has 1 rings (SSSR count). The molecular weight excluding hydrogens is 214 g/mol. The van der Waals surface area contributed by atoms with Crippen molar-refractivity contribution < 1.29 is 9.90 Å². The third-order valence-electron chi connectivity index (χ3n) is 4.31. The zero-order chi connectivity index (χ0) is 13.4. The molecule has 3 nitrogen and oxygen atoms in total. The van der Waals surface area contributed by atoms with E-state index >= 15 is 0 Å². The van der Waals surface area contributed by atoms with Crippen LogP contribution >= 0.6 is 0 Å². The molecule has 1 saturated heterocycles. The van der Waals surface area contributed by atoms with Gasteiger partial charge < -0.3 is 5.11 Å². The number of carbonyl (C=O) groups is 1. The lowest BCUT2D eigenvalue weighted by atomic mass is 9.71. The van der Waals surface area contributed by atoms with E-state index in [0.717, 1.165) is 12.8 Å². The fourth-order valence-corrected chi connectivity index (χ4v) is 3.13. The fraction of sp³-hybridized carbons (Fsp3) is 0.786. The predicted octanol–water partition coefficient (Wildman–Crippen LogP) is 2.92. The van der Waals surface area contributed by atoms with E-state index in [9.17, 15) is 9.90 Å². The highest BCUT2D eigenvalue weighted by atomic mass is 16.4. The number of hydrogen-bond donors (Lipinski definition) is 1. The summed E-state index contributed by atoms with van der Waals surface area (Å²) in [7, 11) is 2.13. The highest BCUT2D eigenvalue weighted by molar-refractivity contribution is 5.87. The van der Waals surface area contributed by atoms with Crippen LogP contribution in [0.2, 0.25) is 0 Å². The van der Waals surface area contributed by atoms with Crippen molar-refractivity contribution in [2.75, 3.05) is 7.05 Å². The third-order valence-corrected chi connectivity index (χ3v) is 4.31. The smallest absolute Gasteiger partial charge is 0.331 e. The number of nitrogens with zero attached hydrogens (tertiary/aromatic N) is 1. The van der Waals surface area contributed by atoms with Gasteiger partial charge in [0.15, 0.2) is 0 Å². The van der Waals surface area contributed by atoms with Gasteiger partial charge in [-0.2, -0.15) is 0 Å². The number of aliphatic carboxylic acids is 1. The lowest BCUT2D eigenvalue weighted by molar-refractivity contribution is -0.134. The summed E-state index contributed by atoms with van der Waals surface area (Å²) in [6.45, 7) is 10.6. The Hall–Kier alpha value is -0.830. The lowest BCUT2D eigenvalue weighted by Crippen LogP contribution is -2.58. The summed E-state index contributed by atoms with van der Waals surface area (Å²) in [5, 5.41) is 9.25. The summed E-state index contributed by atoms with van der Waals surface area (Å²) >= 11 is 0. The van der Waals surface area contributed by atoms with E-state index in [1.807, 2.05) is 6.92 Å². The van der Waals surface area contributed by atoms with Crippen LogP contribution in [0.3, 0.4) is 0 Å². The van der Waals surface area contributed by atoms with Gasteiger partial charge in [-0.15, -0.1) is 0 Å². The molecule has 0 aliphatic carbocycles. The average molecular weight is 239 g/mol. The van der Waals surface area contributed by atoms with Crippen molar-refractivity contribution in [2.45, 2.75) is 58.5 Å². The number of piperidine rings is 1. The largest absolute Gasteiger partial charge is 0.478 e. The molecular formula is C14H25NO2. The zero-order valence-electron chi connectivity index (χ0n) is 11.9. The highest BCUT2D eigenvalue weighted by Gasteiger charge is 2.44. The maximum absolute atomic E-state index is 11.3. The van der Waals surface area contributed by atoms with Crippen LogP contribution in [0.5, 0.6) is 0 Å². The highest BCUT2D eigenvalue weighted by Crippen LogP contribution is 2.42. The molecule has 17 heavy (non-hydrogen) atoms.